The minimum atomic E-state index is 0.240. The van der Waals surface area contributed by atoms with Crippen LogP contribution in [0.1, 0.15) is 52.7 Å². The van der Waals surface area contributed by atoms with Crippen molar-refractivity contribution in [1.29, 1.82) is 0 Å². The molecule has 0 aromatic heterocycles. The maximum absolute atomic E-state index is 5.82. The van der Waals surface area contributed by atoms with Crippen molar-refractivity contribution in [2.45, 2.75) is 65.6 Å². The second-order valence-electron chi connectivity index (χ2n) is 9.59. The largest absolute Gasteiger partial charge is 0.379 e. The zero-order chi connectivity index (χ0) is 20.6. The molecule has 1 N–H and O–H groups in total. The van der Waals surface area contributed by atoms with Crippen molar-refractivity contribution in [1.82, 2.24) is 10.2 Å². The standard InChI is InChI=1S/C20H33NO.C4H9NO/c1-15(12-21-13-16(2)22-17(3)14-21)11-18-7-9-19(10-8-18)20(4,5)6;1-3-6-4-2-5-1/h7-10,15-17H,11-14H2,1-6H3;5H,1-4H2/t15?,16-,17+;. The van der Waals surface area contributed by atoms with E-state index in [-0.39, 0.29) is 5.41 Å². The SMILES string of the molecule is C1COCCN1.CC(Cc1ccc(C(C)(C)C)cc1)CN1C[C@@H](C)O[C@@H](C)C1. The molecule has 0 saturated carbocycles. The summed E-state index contributed by atoms with van der Waals surface area (Å²) >= 11 is 0. The molecule has 28 heavy (non-hydrogen) atoms. The highest BCUT2D eigenvalue weighted by molar-refractivity contribution is 5.27. The smallest absolute Gasteiger partial charge is 0.0678 e. The highest BCUT2D eigenvalue weighted by Crippen LogP contribution is 2.23. The van der Waals surface area contributed by atoms with Gasteiger partial charge in [0, 0.05) is 32.7 Å². The molecule has 0 aliphatic carbocycles. The molecule has 2 aliphatic rings. The highest BCUT2D eigenvalue weighted by atomic mass is 16.5. The van der Waals surface area contributed by atoms with Gasteiger partial charge < -0.3 is 14.8 Å². The third-order valence-corrected chi connectivity index (χ3v) is 5.32. The first-order valence-corrected chi connectivity index (χ1v) is 11.0. The lowest BCUT2D eigenvalue weighted by Crippen LogP contribution is -2.47. The first-order chi connectivity index (χ1) is 13.2. The first kappa shape index (κ1) is 23.3. The van der Waals surface area contributed by atoms with E-state index in [9.17, 15) is 0 Å². The number of hydrogen-bond acceptors (Lipinski definition) is 4. The van der Waals surface area contributed by atoms with Gasteiger partial charge in [0.1, 0.15) is 0 Å². The van der Waals surface area contributed by atoms with E-state index in [0.29, 0.717) is 18.1 Å². The van der Waals surface area contributed by atoms with Crippen LogP contribution in [-0.2, 0) is 21.3 Å². The van der Waals surface area contributed by atoms with Crippen molar-refractivity contribution in [2.24, 2.45) is 5.92 Å². The van der Waals surface area contributed by atoms with Gasteiger partial charge in [-0.15, -0.1) is 0 Å². The number of ether oxygens (including phenoxy) is 2. The third kappa shape index (κ3) is 8.60. The van der Waals surface area contributed by atoms with Crippen LogP contribution in [0.5, 0.6) is 0 Å². The lowest BCUT2D eigenvalue weighted by atomic mass is 9.86. The summed E-state index contributed by atoms with van der Waals surface area (Å²) in [5.41, 5.74) is 3.11. The second-order valence-corrected chi connectivity index (χ2v) is 9.59. The average molecular weight is 391 g/mol. The van der Waals surface area contributed by atoms with Gasteiger partial charge in [0.15, 0.2) is 0 Å². The minimum Gasteiger partial charge on any atom is -0.379 e. The Morgan fingerprint density at radius 3 is 2.04 bits per heavy atom. The average Bonchev–Trinajstić information content (AvgIpc) is 2.62. The molecule has 1 unspecified atom stereocenters. The van der Waals surface area contributed by atoms with Crippen molar-refractivity contribution in [3.8, 4) is 0 Å². The van der Waals surface area contributed by atoms with Crippen LogP contribution in [0.15, 0.2) is 24.3 Å². The predicted octanol–water partition coefficient (Wildman–Crippen LogP) is 3.88. The van der Waals surface area contributed by atoms with Crippen LogP contribution in [0, 0.1) is 5.92 Å². The van der Waals surface area contributed by atoms with Gasteiger partial charge in [0.2, 0.25) is 0 Å². The fourth-order valence-corrected chi connectivity index (χ4v) is 4.00. The van der Waals surface area contributed by atoms with Crippen molar-refractivity contribution in [2.75, 3.05) is 45.9 Å². The van der Waals surface area contributed by atoms with Crippen LogP contribution >= 0.6 is 0 Å². The van der Waals surface area contributed by atoms with Gasteiger partial charge in [-0.2, -0.15) is 0 Å². The molecule has 1 aromatic carbocycles. The number of benzene rings is 1. The Morgan fingerprint density at radius 2 is 1.61 bits per heavy atom. The molecule has 160 valence electrons. The van der Waals surface area contributed by atoms with Crippen molar-refractivity contribution < 1.29 is 9.47 Å². The van der Waals surface area contributed by atoms with Crippen molar-refractivity contribution in [3.05, 3.63) is 35.4 Å². The summed E-state index contributed by atoms with van der Waals surface area (Å²) in [6, 6.07) is 9.20. The first-order valence-electron chi connectivity index (χ1n) is 11.0. The molecule has 0 bridgehead atoms. The Labute approximate surface area is 173 Å². The normalized spacial score (nSPS) is 24.9. The molecule has 4 nitrogen and oxygen atoms in total. The van der Waals surface area contributed by atoms with Crippen molar-refractivity contribution in [3.63, 3.8) is 0 Å². The molecule has 1 aromatic rings. The van der Waals surface area contributed by atoms with E-state index >= 15 is 0 Å². The van der Waals surface area contributed by atoms with E-state index in [0.717, 1.165) is 45.8 Å². The fraction of sp³-hybridized carbons (Fsp3) is 0.750. The van der Waals surface area contributed by atoms with Gasteiger partial charge in [0.25, 0.3) is 0 Å². The van der Waals surface area contributed by atoms with E-state index in [1.165, 1.54) is 17.7 Å². The summed E-state index contributed by atoms with van der Waals surface area (Å²) in [5, 5.41) is 3.16. The molecule has 4 heteroatoms. The zero-order valence-electron chi connectivity index (χ0n) is 19.0. The van der Waals surface area contributed by atoms with Gasteiger partial charge in [-0.05, 0) is 42.7 Å². The fourth-order valence-electron chi connectivity index (χ4n) is 4.00. The molecule has 3 atom stereocenters. The summed E-state index contributed by atoms with van der Waals surface area (Å²) in [7, 11) is 0. The topological polar surface area (TPSA) is 33.7 Å². The maximum Gasteiger partial charge on any atom is 0.0678 e. The highest BCUT2D eigenvalue weighted by Gasteiger charge is 2.23. The zero-order valence-corrected chi connectivity index (χ0v) is 19.0. The van der Waals surface area contributed by atoms with Crippen LogP contribution in [0.3, 0.4) is 0 Å². The molecule has 2 aliphatic heterocycles. The molecular weight excluding hydrogens is 348 g/mol. The third-order valence-electron chi connectivity index (χ3n) is 5.32. The Kier molecular flexibility index (Phi) is 9.42. The lowest BCUT2D eigenvalue weighted by Gasteiger charge is -2.36. The van der Waals surface area contributed by atoms with Gasteiger partial charge in [0.05, 0.1) is 25.4 Å². The molecule has 0 amide bonds. The summed E-state index contributed by atoms with van der Waals surface area (Å²) in [6.07, 6.45) is 1.88. The summed E-state index contributed by atoms with van der Waals surface area (Å²) in [5.74, 6) is 0.679. The molecule has 2 saturated heterocycles. The summed E-state index contributed by atoms with van der Waals surface area (Å²) in [4.78, 5) is 2.56. The van der Waals surface area contributed by atoms with E-state index in [1.54, 1.807) is 0 Å². The minimum absolute atomic E-state index is 0.240. The van der Waals surface area contributed by atoms with Crippen LogP contribution in [-0.4, -0.2) is 63.0 Å². The van der Waals surface area contributed by atoms with E-state index in [1.807, 2.05) is 0 Å². The molecule has 0 spiro atoms. The molecular formula is C24H42N2O2. The van der Waals surface area contributed by atoms with Crippen molar-refractivity contribution >= 4 is 0 Å². The summed E-state index contributed by atoms with van der Waals surface area (Å²) in [6.45, 7) is 20.7. The number of nitrogens with one attached hydrogen (secondary N) is 1. The molecule has 3 rings (SSSR count). The van der Waals surface area contributed by atoms with Crippen LogP contribution in [0.25, 0.3) is 0 Å². The van der Waals surface area contributed by atoms with Gasteiger partial charge in [-0.25, -0.2) is 0 Å². The Hall–Kier alpha value is -0.940. The number of rotatable bonds is 4. The molecule has 2 heterocycles. The van der Waals surface area contributed by atoms with Gasteiger partial charge in [-0.3, -0.25) is 4.90 Å². The van der Waals surface area contributed by atoms with E-state index < -0.39 is 0 Å². The Balaban J connectivity index is 0.000000397. The lowest BCUT2D eigenvalue weighted by molar-refractivity contribution is -0.0708. The quantitative estimate of drug-likeness (QED) is 0.846. The summed E-state index contributed by atoms with van der Waals surface area (Å²) < 4.78 is 10.8. The van der Waals surface area contributed by atoms with Crippen LogP contribution in [0.4, 0.5) is 0 Å². The van der Waals surface area contributed by atoms with E-state index in [2.05, 4.69) is 76.0 Å². The maximum atomic E-state index is 5.82. The molecule has 0 radical (unpaired) electrons. The number of nitrogens with zero attached hydrogens (tertiary/aromatic N) is 1. The monoisotopic (exact) mass is 390 g/mol. The molecule has 2 fully saturated rings. The number of hydrogen-bond donors (Lipinski definition) is 1. The van der Waals surface area contributed by atoms with Crippen LogP contribution < -0.4 is 5.32 Å². The second kappa shape index (κ2) is 11.3. The Bertz CT molecular complexity index is 527. The number of morpholine rings is 2. The predicted molar refractivity (Wildman–Crippen MR) is 118 cm³/mol. The van der Waals surface area contributed by atoms with Crippen LogP contribution in [0.2, 0.25) is 0 Å². The van der Waals surface area contributed by atoms with Gasteiger partial charge >= 0.3 is 0 Å². The van der Waals surface area contributed by atoms with E-state index in [4.69, 9.17) is 9.47 Å². The Morgan fingerprint density at radius 1 is 1.04 bits per heavy atom. The van der Waals surface area contributed by atoms with Gasteiger partial charge in [-0.1, -0.05) is 52.0 Å².